The molecule has 0 aliphatic heterocycles. The second-order valence-electron chi connectivity index (χ2n) is 4.11. The standard InChI is InChI=1S/C11H14O6S/c1-11(14,10(12)13)7-17-8-3-5-9(6-4-8)18(2,15)16/h3-6,14H,7H2,1-2H3,(H,12,13). The van der Waals surface area contributed by atoms with Crippen LogP contribution in [-0.4, -0.2) is 43.1 Å². The number of carboxylic acid groups (broad SMARTS) is 1. The van der Waals surface area contributed by atoms with Crippen LogP contribution >= 0.6 is 0 Å². The van der Waals surface area contributed by atoms with Gasteiger partial charge in [-0.15, -0.1) is 0 Å². The SMILES string of the molecule is CC(O)(COc1ccc(S(C)(=O)=O)cc1)C(=O)O. The van der Waals surface area contributed by atoms with Gasteiger partial charge in [0, 0.05) is 6.26 Å². The van der Waals surface area contributed by atoms with E-state index >= 15 is 0 Å². The molecule has 0 amide bonds. The molecule has 0 fully saturated rings. The molecule has 1 atom stereocenters. The average molecular weight is 274 g/mol. The maximum Gasteiger partial charge on any atom is 0.339 e. The molecule has 0 aromatic heterocycles. The summed E-state index contributed by atoms with van der Waals surface area (Å²) in [5.74, 6) is -1.11. The van der Waals surface area contributed by atoms with Crippen molar-refractivity contribution in [3.63, 3.8) is 0 Å². The third kappa shape index (κ3) is 3.71. The largest absolute Gasteiger partial charge is 0.490 e. The zero-order valence-corrected chi connectivity index (χ0v) is 10.8. The topological polar surface area (TPSA) is 101 Å². The van der Waals surface area contributed by atoms with Crippen LogP contribution in [0.25, 0.3) is 0 Å². The third-order valence-electron chi connectivity index (χ3n) is 2.23. The Balaban J connectivity index is 2.74. The number of hydrogen-bond acceptors (Lipinski definition) is 5. The minimum Gasteiger partial charge on any atom is -0.490 e. The summed E-state index contributed by atoms with van der Waals surface area (Å²) >= 11 is 0. The third-order valence-corrected chi connectivity index (χ3v) is 3.36. The van der Waals surface area contributed by atoms with E-state index in [1.165, 1.54) is 24.3 Å². The Morgan fingerprint density at radius 1 is 1.33 bits per heavy atom. The first-order chi connectivity index (χ1) is 8.13. The number of carbonyl (C=O) groups is 1. The van der Waals surface area contributed by atoms with Crippen LogP contribution in [0.4, 0.5) is 0 Å². The Hall–Kier alpha value is -1.60. The molecule has 2 N–H and O–H groups in total. The summed E-state index contributed by atoms with van der Waals surface area (Å²) < 4.78 is 27.5. The number of carboxylic acids is 1. The van der Waals surface area contributed by atoms with Crippen LogP contribution in [0.3, 0.4) is 0 Å². The molecule has 1 aromatic rings. The van der Waals surface area contributed by atoms with Crippen molar-refractivity contribution in [2.75, 3.05) is 12.9 Å². The smallest absolute Gasteiger partial charge is 0.339 e. The maximum absolute atomic E-state index is 11.2. The van der Waals surface area contributed by atoms with Gasteiger partial charge in [0.25, 0.3) is 0 Å². The molecular weight excluding hydrogens is 260 g/mol. The second-order valence-corrected chi connectivity index (χ2v) is 6.13. The van der Waals surface area contributed by atoms with E-state index < -0.39 is 28.0 Å². The average Bonchev–Trinajstić information content (AvgIpc) is 2.25. The Morgan fingerprint density at radius 2 is 1.83 bits per heavy atom. The summed E-state index contributed by atoms with van der Waals surface area (Å²) in [6, 6.07) is 5.49. The van der Waals surface area contributed by atoms with Gasteiger partial charge in [-0.3, -0.25) is 0 Å². The highest BCUT2D eigenvalue weighted by molar-refractivity contribution is 7.90. The van der Waals surface area contributed by atoms with Crippen molar-refractivity contribution in [3.8, 4) is 5.75 Å². The Kier molecular flexibility index (Phi) is 3.98. The Morgan fingerprint density at radius 3 is 2.22 bits per heavy atom. The van der Waals surface area contributed by atoms with Gasteiger partial charge in [-0.05, 0) is 31.2 Å². The van der Waals surface area contributed by atoms with Crippen LogP contribution < -0.4 is 4.74 Å². The highest BCUT2D eigenvalue weighted by atomic mass is 32.2. The van der Waals surface area contributed by atoms with Crippen LogP contribution in [0, 0.1) is 0 Å². The lowest BCUT2D eigenvalue weighted by molar-refractivity contribution is -0.159. The maximum atomic E-state index is 11.2. The first kappa shape index (κ1) is 14.5. The molecule has 6 nitrogen and oxygen atoms in total. The zero-order chi connectivity index (χ0) is 14.0. The lowest BCUT2D eigenvalue weighted by atomic mass is 10.1. The van der Waals surface area contributed by atoms with Crippen molar-refractivity contribution < 1.29 is 28.2 Å². The lowest BCUT2D eigenvalue weighted by Gasteiger charge is -2.18. The van der Waals surface area contributed by atoms with Gasteiger partial charge >= 0.3 is 5.97 Å². The van der Waals surface area contributed by atoms with Crippen LogP contribution in [0.2, 0.25) is 0 Å². The van der Waals surface area contributed by atoms with Gasteiger partial charge in [-0.2, -0.15) is 0 Å². The summed E-state index contributed by atoms with van der Waals surface area (Å²) in [6.07, 6.45) is 1.08. The van der Waals surface area contributed by atoms with Crippen molar-refractivity contribution in [1.29, 1.82) is 0 Å². The van der Waals surface area contributed by atoms with Gasteiger partial charge < -0.3 is 14.9 Å². The molecule has 100 valence electrons. The highest BCUT2D eigenvalue weighted by Gasteiger charge is 2.30. The van der Waals surface area contributed by atoms with E-state index in [0.29, 0.717) is 0 Å². The summed E-state index contributed by atoms with van der Waals surface area (Å²) in [7, 11) is -3.28. The molecule has 0 spiro atoms. The fourth-order valence-corrected chi connectivity index (χ4v) is 1.70. The number of aliphatic carboxylic acids is 1. The molecule has 0 bridgehead atoms. The van der Waals surface area contributed by atoms with Crippen LogP contribution in [0.1, 0.15) is 6.92 Å². The Bertz CT molecular complexity index is 529. The summed E-state index contributed by atoms with van der Waals surface area (Å²) in [6.45, 7) is 0.681. The molecule has 1 rings (SSSR count). The van der Waals surface area contributed by atoms with E-state index in [9.17, 15) is 18.3 Å². The van der Waals surface area contributed by atoms with E-state index in [-0.39, 0.29) is 10.6 Å². The van der Waals surface area contributed by atoms with Gasteiger partial charge in [0.05, 0.1) is 4.90 Å². The predicted octanol–water partition coefficient (Wildman–Crippen LogP) is 0.304. The fraction of sp³-hybridized carbons (Fsp3) is 0.364. The number of hydrogen-bond donors (Lipinski definition) is 2. The first-order valence-electron chi connectivity index (χ1n) is 5.01. The molecule has 0 heterocycles. The van der Waals surface area contributed by atoms with Crippen molar-refractivity contribution in [2.45, 2.75) is 17.4 Å². The lowest BCUT2D eigenvalue weighted by Crippen LogP contribution is -2.41. The highest BCUT2D eigenvalue weighted by Crippen LogP contribution is 2.17. The fourth-order valence-electron chi connectivity index (χ4n) is 1.07. The number of benzene rings is 1. The van der Waals surface area contributed by atoms with Gasteiger partial charge in [0.15, 0.2) is 15.4 Å². The number of ether oxygens (including phenoxy) is 1. The minimum absolute atomic E-state index is 0.139. The van der Waals surface area contributed by atoms with Crippen molar-refractivity contribution >= 4 is 15.8 Å². The van der Waals surface area contributed by atoms with Gasteiger partial charge in [0.2, 0.25) is 0 Å². The summed E-state index contributed by atoms with van der Waals surface area (Å²) in [5, 5.41) is 18.1. The molecule has 18 heavy (non-hydrogen) atoms. The van der Waals surface area contributed by atoms with E-state index in [0.717, 1.165) is 13.2 Å². The van der Waals surface area contributed by atoms with E-state index in [2.05, 4.69) is 0 Å². The van der Waals surface area contributed by atoms with Crippen LogP contribution in [0.15, 0.2) is 29.2 Å². The Labute approximate surface area is 105 Å². The van der Waals surface area contributed by atoms with Gasteiger partial charge in [-0.1, -0.05) is 0 Å². The number of rotatable bonds is 5. The summed E-state index contributed by atoms with van der Waals surface area (Å²) in [4.78, 5) is 10.8. The van der Waals surface area contributed by atoms with Crippen molar-refractivity contribution in [3.05, 3.63) is 24.3 Å². The van der Waals surface area contributed by atoms with Crippen LogP contribution in [0.5, 0.6) is 5.75 Å². The molecule has 0 aliphatic rings. The first-order valence-corrected chi connectivity index (χ1v) is 6.91. The molecule has 0 aliphatic carbocycles. The molecule has 1 unspecified atom stereocenters. The van der Waals surface area contributed by atoms with Crippen molar-refractivity contribution in [1.82, 2.24) is 0 Å². The summed E-state index contributed by atoms with van der Waals surface area (Å²) in [5.41, 5.74) is -1.99. The van der Waals surface area contributed by atoms with E-state index in [1.807, 2.05) is 0 Å². The van der Waals surface area contributed by atoms with E-state index in [1.54, 1.807) is 0 Å². The van der Waals surface area contributed by atoms with Gasteiger partial charge in [-0.25, -0.2) is 13.2 Å². The minimum atomic E-state index is -3.28. The molecule has 7 heteroatoms. The predicted molar refractivity (Wildman–Crippen MR) is 63.3 cm³/mol. The molecule has 0 radical (unpaired) electrons. The van der Waals surface area contributed by atoms with E-state index in [4.69, 9.17) is 9.84 Å². The van der Waals surface area contributed by atoms with Gasteiger partial charge in [0.1, 0.15) is 12.4 Å². The van der Waals surface area contributed by atoms with Crippen molar-refractivity contribution in [2.24, 2.45) is 0 Å². The molecular formula is C11H14O6S. The second kappa shape index (κ2) is 4.95. The van der Waals surface area contributed by atoms with Crippen LogP contribution in [-0.2, 0) is 14.6 Å². The molecule has 1 aromatic carbocycles. The number of aliphatic hydroxyl groups is 1. The zero-order valence-electron chi connectivity index (χ0n) is 9.95. The number of sulfone groups is 1. The molecule has 0 saturated carbocycles. The quantitative estimate of drug-likeness (QED) is 0.801. The molecule has 0 saturated heterocycles. The normalized spacial score (nSPS) is 14.8. The monoisotopic (exact) mass is 274 g/mol.